The van der Waals surface area contributed by atoms with Crippen LogP contribution in [0.2, 0.25) is 0 Å². The molecule has 10 rings (SSSR count). The Kier molecular flexibility index (Phi) is 7.37. The summed E-state index contributed by atoms with van der Waals surface area (Å²) in [5, 5.41) is 3.65. The summed E-state index contributed by atoms with van der Waals surface area (Å²) in [6.45, 7) is 6.48. The molecule has 0 N–H and O–H groups in total. The second kappa shape index (κ2) is 12.6. The highest BCUT2D eigenvalue weighted by molar-refractivity contribution is 5.90. The zero-order valence-electron chi connectivity index (χ0n) is 30.3. The number of aryl methyl sites for hydroxylation is 3. The number of rotatable bonds is 6. The van der Waals surface area contributed by atoms with Crippen molar-refractivity contribution >= 4 is 32.7 Å². The summed E-state index contributed by atoms with van der Waals surface area (Å²) < 4.78 is 6.78. The lowest BCUT2D eigenvalue weighted by molar-refractivity contribution is 1.04. The van der Waals surface area contributed by atoms with Crippen LogP contribution in [-0.4, -0.2) is 28.7 Å². The molecular weight excluding hydrogens is 661 g/mol. The van der Waals surface area contributed by atoms with E-state index in [1.165, 1.54) is 32.8 Å². The normalized spacial score (nSPS) is 11.6. The van der Waals surface area contributed by atoms with Crippen LogP contribution in [0.15, 0.2) is 164 Å². The van der Waals surface area contributed by atoms with E-state index < -0.39 is 0 Å². The average molecular weight is 697 g/mol. The molecule has 0 aliphatic rings. The lowest BCUT2D eigenvalue weighted by Gasteiger charge is -2.16. The fourth-order valence-electron chi connectivity index (χ4n) is 8.00. The van der Waals surface area contributed by atoms with Crippen LogP contribution in [0.25, 0.3) is 83.9 Å². The van der Waals surface area contributed by atoms with Gasteiger partial charge in [-0.2, -0.15) is 0 Å². The molecule has 6 heteroatoms. The SMILES string of the molecule is Cc1cn(-c2ccccc2-c2nc(-c3ccccc3-n3cc(C)c4ccccc43)nc(-c3ccccc3-n3cc(C)c4ccccc43)n2)c2ccccc12. The highest BCUT2D eigenvalue weighted by atomic mass is 15.1. The molecule has 258 valence electrons. The monoisotopic (exact) mass is 696 g/mol. The van der Waals surface area contributed by atoms with Crippen LogP contribution in [0.5, 0.6) is 0 Å². The Hall–Kier alpha value is -7.05. The summed E-state index contributed by atoms with van der Waals surface area (Å²) in [5.41, 5.74) is 12.8. The summed E-state index contributed by atoms with van der Waals surface area (Å²) in [6, 6.07) is 50.8. The van der Waals surface area contributed by atoms with Gasteiger partial charge in [-0.05, 0) is 92.1 Å². The van der Waals surface area contributed by atoms with Gasteiger partial charge in [-0.25, -0.2) is 15.0 Å². The molecule has 0 aliphatic heterocycles. The highest BCUT2D eigenvalue weighted by Gasteiger charge is 2.21. The van der Waals surface area contributed by atoms with Gasteiger partial charge in [0.1, 0.15) is 0 Å². The molecule has 0 aliphatic carbocycles. The van der Waals surface area contributed by atoms with Gasteiger partial charge in [0.15, 0.2) is 17.5 Å². The lowest BCUT2D eigenvalue weighted by atomic mass is 10.1. The second-order valence-corrected chi connectivity index (χ2v) is 14.0. The van der Waals surface area contributed by atoms with Crippen molar-refractivity contribution in [1.82, 2.24) is 28.7 Å². The average Bonchev–Trinajstić information content (AvgIpc) is 3.87. The van der Waals surface area contributed by atoms with Gasteiger partial charge in [0.2, 0.25) is 0 Å². The number of benzene rings is 6. The van der Waals surface area contributed by atoms with Gasteiger partial charge in [0.05, 0.1) is 33.6 Å². The van der Waals surface area contributed by atoms with Crippen LogP contribution in [-0.2, 0) is 0 Å². The maximum atomic E-state index is 5.35. The van der Waals surface area contributed by atoms with Crippen molar-refractivity contribution in [2.45, 2.75) is 20.8 Å². The van der Waals surface area contributed by atoms with Crippen molar-refractivity contribution in [2.24, 2.45) is 0 Å². The highest BCUT2D eigenvalue weighted by Crippen LogP contribution is 2.36. The van der Waals surface area contributed by atoms with Crippen molar-refractivity contribution in [3.05, 3.63) is 181 Å². The number of fused-ring (bicyclic) bond motifs is 3. The summed E-state index contributed by atoms with van der Waals surface area (Å²) in [7, 11) is 0. The minimum Gasteiger partial charge on any atom is -0.316 e. The third-order valence-corrected chi connectivity index (χ3v) is 10.6. The van der Waals surface area contributed by atoms with Crippen molar-refractivity contribution in [3.63, 3.8) is 0 Å². The van der Waals surface area contributed by atoms with E-state index in [1.54, 1.807) is 0 Å². The lowest BCUT2D eigenvalue weighted by Crippen LogP contribution is -2.06. The van der Waals surface area contributed by atoms with Crippen LogP contribution in [0.4, 0.5) is 0 Å². The van der Waals surface area contributed by atoms with Crippen molar-refractivity contribution in [3.8, 4) is 51.2 Å². The molecular formula is C48H36N6. The van der Waals surface area contributed by atoms with Gasteiger partial charge in [-0.3, -0.25) is 0 Å². The van der Waals surface area contributed by atoms with Crippen molar-refractivity contribution < 1.29 is 0 Å². The molecule has 4 heterocycles. The zero-order valence-corrected chi connectivity index (χ0v) is 30.3. The molecule has 0 amide bonds. The molecule has 54 heavy (non-hydrogen) atoms. The number of hydrogen-bond acceptors (Lipinski definition) is 3. The Morgan fingerprint density at radius 2 is 0.574 bits per heavy atom. The maximum absolute atomic E-state index is 5.35. The van der Waals surface area contributed by atoms with E-state index in [1.807, 2.05) is 0 Å². The van der Waals surface area contributed by atoms with E-state index in [-0.39, 0.29) is 0 Å². The minimum absolute atomic E-state index is 0.604. The topological polar surface area (TPSA) is 53.5 Å². The Balaban J connectivity index is 1.25. The van der Waals surface area contributed by atoms with E-state index in [0.29, 0.717) is 17.5 Å². The summed E-state index contributed by atoms with van der Waals surface area (Å²) in [4.78, 5) is 16.0. The van der Waals surface area contributed by atoms with Crippen LogP contribution >= 0.6 is 0 Å². The van der Waals surface area contributed by atoms with Crippen molar-refractivity contribution in [1.29, 1.82) is 0 Å². The molecule has 0 saturated carbocycles. The maximum Gasteiger partial charge on any atom is 0.166 e. The summed E-state index contributed by atoms with van der Waals surface area (Å²) >= 11 is 0. The van der Waals surface area contributed by atoms with Gasteiger partial charge in [-0.1, -0.05) is 91.0 Å². The molecule has 6 aromatic carbocycles. The van der Waals surface area contributed by atoms with Gasteiger partial charge < -0.3 is 13.7 Å². The largest absolute Gasteiger partial charge is 0.316 e. The summed E-state index contributed by atoms with van der Waals surface area (Å²) in [5.74, 6) is 1.81. The second-order valence-electron chi connectivity index (χ2n) is 14.0. The Bertz CT molecular complexity index is 2710. The van der Waals surface area contributed by atoms with E-state index in [4.69, 9.17) is 15.0 Å². The fourth-order valence-corrected chi connectivity index (χ4v) is 8.00. The summed E-state index contributed by atoms with van der Waals surface area (Å²) in [6.07, 6.45) is 6.61. The molecule has 6 nitrogen and oxygen atoms in total. The molecule has 0 bridgehead atoms. The standard InChI is InChI=1S/C48H36N6/c1-31-28-52(40-22-10-4-16-34(31)40)43-25-13-7-19-37(43)46-49-47(38-20-8-14-26-44(38)53-29-32(2)35-17-5-11-23-41(35)53)51-48(50-46)39-21-9-15-27-45(39)54-30-33(3)36-18-6-12-24-42(36)54/h4-30H,1-3H3. The van der Waals surface area contributed by atoms with E-state index >= 15 is 0 Å². The molecule has 0 atom stereocenters. The first-order valence-electron chi connectivity index (χ1n) is 18.3. The molecule has 0 fully saturated rings. The van der Waals surface area contributed by atoms with Gasteiger partial charge in [-0.15, -0.1) is 0 Å². The predicted octanol–water partition coefficient (Wildman–Crippen LogP) is 11.6. The number of aromatic nitrogens is 6. The van der Waals surface area contributed by atoms with E-state index in [2.05, 4.69) is 199 Å². The molecule has 0 radical (unpaired) electrons. The van der Waals surface area contributed by atoms with Crippen LogP contribution in [0, 0.1) is 20.8 Å². The number of hydrogen-bond donors (Lipinski definition) is 0. The zero-order chi connectivity index (χ0) is 36.3. The Morgan fingerprint density at radius 3 is 0.889 bits per heavy atom. The Labute approximate surface area is 313 Å². The van der Waals surface area contributed by atoms with Gasteiger partial charge >= 0.3 is 0 Å². The van der Waals surface area contributed by atoms with Gasteiger partial charge in [0.25, 0.3) is 0 Å². The van der Waals surface area contributed by atoms with Crippen LogP contribution in [0.3, 0.4) is 0 Å². The first-order valence-corrected chi connectivity index (χ1v) is 18.3. The third-order valence-electron chi connectivity index (χ3n) is 10.6. The van der Waals surface area contributed by atoms with Crippen molar-refractivity contribution in [2.75, 3.05) is 0 Å². The molecule has 0 unspecified atom stereocenters. The van der Waals surface area contributed by atoms with Crippen LogP contribution in [0.1, 0.15) is 16.7 Å². The first-order chi connectivity index (χ1) is 26.5. The van der Waals surface area contributed by atoms with Gasteiger partial charge in [0, 0.05) is 51.4 Å². The smallest absolute Gasteiger partial charge is 0.166 e. The quantitative estimate of drug-likeness (QED) is 0.174. The molecule has 0 spiro atoms. The minimum atomic E-state index is 0.604. The van der Waals surface area contributed by atoms with E-state index in [9.17, 15) is 0 Å². The Morgan fingerprint density at radius 1 is 0.315 bits per heavy atom. The number of para-hydroxylation sites is 6. The predicted molar refractivity (Wildman–Crippen MR) is 221 cm³/mol. The molecule has 4 aromatic heterocycles. The molecule has 10 aromatic rings. The number of nitrogens with zero attached hydrogens (tertiary/aromatic N) is 6. The fraction of sp³-hybridized carbons (Fsp3) is 0.0625. The van der Waals surface area contributed by atoms with E-state index in [0.717, 1.165) is 50.3 Å². The van der Waals surface area contributed by atoms with Crippen LogP contribution < -0.4 is 0 Å². The molecule has 0 saturated heterocycles. The first kappa shape index (κ1) is 31.7. The third kappa shape index (κ3) is 5.06.